The first kappa shape index (κ1) is 14.8. The summed E-state index contributed by atoms with van der Waals surface area (Å²) in [5.41, 5.74) is 1.98. The summed E-state index contributed by atoms with van der Waals surface area (Å²) in [5.74, 6) is 0.468. The van der Waals surface area contributed by atoms with Gasteiger partial charge in [0.15, 0.2) is 0 Å². The lowest BCUT2D eigenvalue weighted by Gasteiger charge is -2.19. The minimum atomic E-state index is -0.181. The number of anilines is 2. The number of benzene rings is 1. The van der Waals surface area contributed by atoms with Crippen LogP contribution in [0.1, 0.15) is 17.4 Å². The van der Waals surface area contributed by atoms with Crippen molar-refractivity contribution < 1.29 is 9.53 Å². The van der Waals surface area contributed by atoms with Gasteiger partial charge in [0.1, 0.15) is 11.4 Å². The van der Waals surface area contributed by atoms with E-state index in [4.69, 9.17) is 4.74 Å². The number of hydrogen-bond acceptors (Lipinski definition) is 4. The third-order valence-corrected chi connectivity index (χ3v) is 3.11. The molecular formula is C16H19N3O2. The summed E-state index contributed by atoms with van der Waals surface area (Å²) < 4.78 is 5.29. The van der Waals surface area contributed by atoms with Gasteiger partial charge in [-0.15, -0.1) is 0 Å². The van der Waals surface area contributed by atoms with Crippen molar-refractivity contribution in [2.24, 2.45) is 0 Å². The zero-order valence-electron chi connectivity index (χ0n) is 12.5. The van der Waals surface area contributed by atoms with Crippen LogP contribution < -0.4 is 15.0 Å². The number of nitrogens with one attached hydrogen (secondary N) is 1. The lowest BCUT2D eigenvalue weighted by atomic mass is 10.2. The van der Waals surface area contributed by atoms with Crippen molar-refractivity contribution in [3.05, 3.63) is 48.3 Å². The van der Waals surface area contributed by atoms with Gasteiger partial charge in [-0.25, -0.2) is 0 Å². The molecule has 1 N–H and O–H groups in total. The van der Waals surface area contributed by atoms with Crippen molar-refractivity contribution in [3.8, 4) is 5.75 Å². The van der Waals surface area contributed by atoms with Crippen LogP contribution in [0.3, 0.4) is 0 Å². The maximum absolute atomic E-state index is 12.5. The van der Waals surface area contributed by atoms with Crippen molar-refractivity contribution in [3.63, 3.8) is 0 Å². The number of carbonyl (C=O) groups excluding carboxylic acids is 1. The second-order valence-electron chi connectivity index (χ2n) is 4.50. The Bertz CT molecular complexity index is 628. The Morgan fingerprint density at radius 1 is 1.33 bits per heavy atom. The van der Waals surface area contributed by atoms with Crippen LogP contribution in [0.5, 0.6) is 5.75 Å². The summed E-state index contributed by atoms with van der Waals surface area (Å²) in [7, 11) is 3.29. The third-order valence-electron chi connectivity index (χ3n) is 3.11. The summed E-state index contributed by atoms with van der Waals surface area (Å²) in [6.45, 7) is 2.79. The van der Waals surface area contributed by atoms with Gasteiger partial charge in [-0.2, -0.15) is 0 Å². The Labute approximate surface area is 124 Å². The molecule has 0 fully saturated rings. The predicted octanol–water partition coefficient (Wildman–Crippen LogP) is 2.80. The molecule has 1 aromatic heterocycles. The number of pyridine rings is 1. The van der Waals surface area contributed by atoms with Crippen molar-refractivity contribution in [1.29, 1.82) is 0 Å². The highest BCUT2D eigenvalue weighted by Gasteiger charge is 2.18. The number of para-hydroxylation sites is 2. The fourth-order valence-corrected chi connectivity index (χ4v) is 2.05. The van der Waals surface area contributed by atoms with Gasteiger partial charge in [0.05, 0.1) is 12.8 Å². The van der Waals surface area contributed by atoms with E-state index in [9.17, 15) is 4.79 Å². The minimum absolute atomic E-state index is 0.181. The van der Waals surface area contributed by atoms with Gasteiger partial charge in [0, 0.05) is 25.5 Å². The maximum Gasteiger partial charge on any atom is 0.276 e. The first-order valence-electron chi connectivity index (χ1n) is 6.78. The van der Waals surface area contributed by atoms with Gasteiger partial charge < -0.3 is 15.0 Å². The van der Waals surface area contributed by atoms with Gasteiger partial charge in [0.25, 0.3) is 5.91 Å². The Kier molecular flexibility index (Phi) is 4.77. The van der Waals surface area contributed by atoms with Gasteiger partial charge in [-0.1, -0.05) is 12.1 Å². The van der Waals surface area contributed by atoms with Crippen LogP contribution >= 0.6 is 0 Å². The highest BCUT2D eigenvalue weighted by Crippen LogP contribution is 2.27. The Morgan fingerprint density at radius 2 is 2.10 bits per heavy atom. The molecule has 21 heavy (non-hydrogen) atoms. The number of hydrogen-bond donors (Lipinski definition) is 1. The Morgan fingerprint density at radius 3 is 2.81 bits per heavy atom. The summed E-state index contributed by atoms with van der Waals surface area (Å²) in [6, 6.07) is 11.0. The van der Waals surface area contributed by atoms with Crippen molar-refractivity contribution in [1.82, 2.24) is 4.98 Å². The molecule has 0 spiro atoms. The summed E-state index contributed by atoms with van der Waals surface area (Å²) in [4.78, 5) is 18.2. The van der Waals surface area contributed by atoms with Gasteiger partial charge in [-0.3, -0.25) is 9.78 Å². The molecule has 5 heteroatoms. The fourth-order valence-electron chi connectivity index (χ4n) is 2.05. The second-order valence-corrected chi connectivity index (χ2v) is 4.50. The quantitative estimate of drug-likeness (QED) is 0.917. The average molecular weight is 285 g/mol. The molecule has 1 amide bonds. The molecule has 0 saturated carbocycles. The number of rotatable bonds is 5. The maximum atomic E-state index is 12.5. The smallest absolute Gasteiger partial charge is 0.276 e. The molecule has 0 atom stereocenters. The monoisotopic (exact) mass is 285 g/mol. The molecule has 0 unspecified atom stereocenters. The van der Waals surface area contributed by atoms with Gasteiger partial charge in [-0.05, 0) is 31.2 Å². The number of methoxy groups -OCH3 is 1. The van der Waals surface area contributed by atoms with Crippen LogP contribution in [0, 0.1) is 0 Å². The SMILES string of the molecule is CCNc1ccnc(C(=O)N(C)c2ccccc2OC)c1. The van der Waals surface area contributed by atoms with E-state index in [1.165, 1.54) is 4.90 Å². The van der Waals surface area contributed by atoms with E-state index in [-0.39, 0.29) is 5.91 Å². The molecule has 0 bridgehead atoms. The number of aromatic nitrogens is 1. The third kappa shape index (κ3) is 3.31. The number of amides is 1. The van der Waals surface area contributed by atoms with Crippen LogP contribution in [0.15, 0.2) is 42.6 Å². The van der Waals surface area contributed by atoms with E-state index in [1.54, 1.807) is 26.4 Å². The van der Waals surface area contributed by atoms with E-state index >= 15 is 0 Å². The normalized spacial score (nSPS) is 10.0. The fraction of sp³-hybridized carbons (Fsp3) is 0.250. The highest BCUT2D eigenvalue weighted by atomic mass is 16.5. The lowest BCUT2D eigenvalue weighted by molar-refractivity contribution is 0.0987. The first-order valence-corrected chi connectivity index (χ1v) is 6.78. The molecule has 1 heterocycles. The zero-order valence-corrected chi connectivity index (χ0v) is 12.5. The van der Waals surface area contributed by atoms with Gasteiger partial charge in [0.2, 0.25) is 0 Å². The summed E-state index contributed by atoms with van der Waals surface area (Å²) in [6.07, 6.45) is 1.63. The minimum Gasteiger partial charge on any atom is -0.495 e. The number of ether oxygens (including phenoxy) is 1. The van der Waals surface area contributed by atoms with Crippen LogP contribution in [0.4, 0.5) is 11.4 Å². The molecule has 0 aliphatic rings. The van der Waals surface area contributed by atoms with Crippen LogP contribution in [0.2, 0.25) is 0 Å². The molecule has 0 aliphatic carbocycles. The summed E-state index contributed by atoms with van der Waals surface area (Å²) in [5, 5.41) is 3.17. The molecular weight excluding hydrogens is 266 g/mol. The largest absolute Gasteiger partial charge is 0.495 e. The molecule has 0 aliphatic heterocycles. The van der Waals surface area contributed by atoms with Crippen LogP contribution in [-0.4, -0.2) is 31.6 Å². The average Bonchev–Trinajstić information content (AvgIpc) is 2.54. The van der Waals surface area contributed by atoms with E-state index < -0.39 is 0 Å². The van der Waals surface area contributed by atoms with E-state index in [2.05, 4.69) is 10.3 Å². The second kappa shape index (κ2) is 6.74. The molecule has 2 rings (SSSR count). The van der Waals surface area contributed by atoms with E-state index in [1.807, 2.05) is 37.3 Å². The van der Waals surface area contributed by atoms with Crippen molar-refractivity contribution in [2.75, 3.05) is 30.9 Å². The molecule has 1 aromatic carbocycles. The highest BCUT2D eigenvalue weighted by molar-refractivity contribution is 6.05. The lowest BCUT2D eigenvalue weighted by Crippen LogP contribution is -2.27. The summed E-state index contributed by atoms with van der Waals surface area (Å²) >= 11 is 0. The zero-order chi connectivity index (χ0) is 15.2. The van der Waals surface area contributed by atoms with Crippen LogP contribution in [-0.2, 0) is 0 Å². The van der Waals surface area contributed by atoms with Crippen molar-refractivity contribution >= 4 is 17.3 Å². The Balaban J connectivity index is 2.28. The predicted molar refractivity (Wildman–Crippen MR) is 84.1 cm³/mol. The van der Waals surface area contributed by atoms with E-state index in [0.717, 1.165) is 12.2 Å². The molecule has 0 saturated heterocycles. The standard InChI is InChI=1S/C16H19N3O2/c1-4-17-12-9-10-18-13(11-12)16(20)19(2)14-7-5-6-8-15(14)21-3/h5-11H,4H2,1-3H3,(H,17,18). The van der Waals surface area contributed by atoms with Crippen LogP contribution in [0.25, 0.3) is 0 Å². The Hall–Kier alpha value is -2.56. The molecule has 2 aromatic rings. The molecule has 5 nitrogen and oxygen atoms in total. The molecule has 110 valence electrons. The van der Waals surface area contributed by atoms with E-state index in [0.29, 0.717) is 17.1 Å². The first-order chi connectivity index (χ1) is 10.2. The number of carbonyl (C=O) groups is 1. The van der Waals surface area contributed by atoms with Gasteiger partial charge >= 0.3 is 0 Å². The topological polar surface area (TPSA) is 54.5 Å². The molecule has 0 radical (unpaired) electrons. The van der Waals surface area contributed by atoms with Crippen molar-refractivity contribution in [2.45, 2.75) is 6.92 Å². The number of nitrogens with zero attached hydrogens (tertiary/aromatic N) is 2.